The van der Waals surface area contributed by atoms with E-state index in [0.29, 0.717) is 0 Å². The number of ether oxygens (including phenoxy) is 1. The predicted molar refractivity (Wildman–Crippen MR) is 84.0 cm³/mol. The van der Waals surface area contributed by atoms with Crippen LogP contribution in [-0.2, 0) is 14.3 Å². The number of amides is 1. The highest BCUT2D eigenvalue weighted by Crippen LogP contribution is 2.62. The Hall–Kier alpha value is -1.32. The molecule has 0 heterocycles. The number of nitrogens with zero attached hydrogens (tertiary/aromatic N) is 1. The van der Waals surface area contributed by atoms with Crippen LogP contribution >= 0.6 is 0 Å². The second-order valence-electron chi connectivity index (χ2n) is 7.80. The Bertz CT molecular complexity index is 473. The molecule has 0 radical (unpaired) electrons. The molecule has 4 aliphatic carbocycles. The van der Waals surface area contributed by atoms with Crippen molar-refractivity contribution in [3.63, 3.8) is 0 Å². The molecule has 0 aromatic rings. The minimum atomic E-state index is -0.378. The van der Waals surface area contributed by atoms with Gasteiger partial charge in [-0.3, -0.25) is 9.59 Å². The largest absolute Gasteiger partial charge is 0.468 e. The average molecular weight is 305 g/mol. The summed E-state index contributed by atoms with van der Waals surface area (Å²) in [5, 5.41) is 0. The van der Waals surface area contributed by atoms with Crippen molar-refractivity contribution in [2.45, 2.75) is 45.4 Å². The van der Waals surface area contributed by atoms with Crippen LogP contribution in [0.5, 0.6) is 0 Å². The highest BCUT2D eigenvalue weighted by Gasteiger charge is 2.51. The Balaban J connectivity index is 1.71. The third-order valence-corrected chi connectivity index (χ3v) is 6.18. The van der Waals surface area contributed by atoms with Gasteiger partial charge in [0.2, 0.25) is 5.91 Å². The maximum atomic E-state index is 12.3. The summed E-state index contributed by atoms with van der Waals surface area (Å²) in [6, 6.07) is 0. The second kappa shape index (κ2) is 5.71. The summed E-state index contributed by atoms with van der Waals surface area (Å²) in [5.41, 5.74) is 1.49. The second-order valence-corrected chi connectivity index (χ2v) is 7.80. The molecule has 0 aromatic carbocycles. The minimum absolute atomic E-state index is 0.0139. The maximum absolute atomic E-state index is 12.3. The van der Waals surface area contributed by atoms with Crippen LogP contribution in [0.4, 0.5) is 0 Å². The smallest absolute Gasteiger partial charge is 0.325 e. The molecule has 0 atom stereocenters. The lowest BCUT2D eigenvalue weighted by atomic mass is 9.48. The summed E-state index contributed by atoms with van der Waals surface area (Å²) in [7, 11) is 3.00. The van der Waals surface area contributed by atoms with Gasteiger partial charge in [0.15, 0.2) is 0 Å². The van der Waals surface area contributed by atoms with E-state index in [2.05, 4.69) is 11.7 Å². The van der Waals surface area contributed by atoms with E-state index in [4.69, 9.17) is 0 Å². The van der Waals surface area contributed by atoms with Crippen LogP contribution in [0.2, 0.25) is 0 Å². The first-order valence-corrected chi connectivity index (χ1v) is 8.42. The van der Waals surface area contributed by atoms with Crippen molar-refractivity contribution in [1.29, 1.82) is 0 Å². The van der Waals surface area contributed by atoms with Gasteiger partial charge in [0.1, 0.15) is 6.54 Å². The third-order valence-electron chi connectivity index (χ3n) is 6.18. The summed E-state index contributed by atoms with van der Waals surface area (Å²) >= 11 is 0. The zero-order chi connectivity index (χ0) is 15.9. The Morgan fingerprint density at radius 2 is 1.64 bits per heavy atom. The third kappa shape index (κ3) is 2.80. The van der Waals surface area contributed by atoms with Crippen molar-refractivity contribution >= 4 is 11.9 Å². The van der Waals surface area contributed by atoms with Gasteiger partial charge < -0.3 is 9.64 Å². The van der Waals surface area contributed by atoms with Crippen molar-refractivity contribution in [3.05, 3.63) is 11.6 Å². The molecule has 0 aromatic heterocycles. The number of esters is 1. The monoisotopic (exact) mass is 305 g/mol. The molecule has 0 N–H and O–H groups in total. The predicted octanol–water partition coefficient (Wildman–Crippen LogP) is 2.78. The molecule has 4 saturated carbocycles. The fourth-order valence-electron chi connectivity index (χ4n) is 5.38. The molecule has 4 aliphatic rings. The molecule has 0 saturated heterocycles. The van der Waals surface area contributed by atoms with Crippen LogP contribution in [0.3, 0.4) is 0 Å². The zero-order valence-corrected chi connectivity index (χ0v) is 13.9. The van der Waals surface area contributed by atoms with Gasteiger partial charge in [-0.05, 0) is 68.6 Å². The van der Waals surface area contributed by atoms with Crippen molar-refractivity contribution in [3.8, 4) is 0 Å². The van der Waals surface area contributed by atoms with Gasteiger partial charge in [-0.15, -0.1) is 0 Å². The molecular weight excluding hydrogens is 278 g/mol. The fraction of sp³-hybridized carbons (Fsp3) is 0.778. The van der Waals surface area contributed by atoms with Gasteiger partial charge in [0, 0.05) is 13.1 Å². The van der Waals surface area contributed by atoms with Crippen LogP contribution < -0.4 is 0 Å². The van der Waals surface area contributed by atoms with Crippen molar-refractivity contribution in [1.82, 2.24) is 4.90 Å². The first kappa shape index (κ1) is 15.6. The Morgan fingerprint density at radius 1 is 1.14 bits per heavy atom. The summed E-state index contributed by atoms with van der Waals surface area (Å²) in [6.07, 6.45) is 9.77. The number of hydrogen-bond acceptors (Lipinski definition) is 3. The number of hydrogen-bond donors (Lipinski definition) is 0. The molecule has 4 rings (SSSR count). The Labute approximate surface area is 132 Å². The fourth-order valence-corrected chi connectivity index (χ4v) is 5.38. The Morgan fingerprint density at radius 3 is 2.09 bits per heavy atom. The summed E-state index contributed by atoms with van der Waals surface area (Å²) in [5.74, 6) is 2.16. The number of methoxy groups -OCH3 is 1. The lowest BCUT2D eigenvalue weighted by Gasteiger charge is -2.57. The maximum Gasteiger partial charge on any atom is 0.325 e. The first-order valence-electron chi connectivity index (χ1n) is 8.42. The van der Waals surface area contributed by atoms with Crippen LogP contribution in [0, 0.1) is 23.2 Å². The Kier molecular flexibility index (Phi) is 4.04. The molecule has 1 amide bonds. The summed E-state index contributed by atoms with van der Waals surface area (Å²) in [4.78, 5) is 25.1. The molecule has 0 aliphatic heterocycles. The van der Waals surface area contributed by atoms with E-state index in [1.807, 2.05) is 0 Å². The van der Waals surface area contributed by atoms with E-state index in [0.717, 1.165) is 17.8 Å². The lowest BCUT2D eigenvalue weighted by Crippen LogP contribution is -2.46. The SMILES string of the molecule is COC(=O)CN(C)C(=O)/C=C(\C)C12CC3CC(CC(C3)C1)C2. The normalized spacial score (nSPS) is 36.3. The van der Waals surface area contributed by atoms with E-state index in [-0.39, 0.29) is 23.8 Å². The number of carbonyl (C=O) groups is 2. The lowest BCUT2D eigenvalue weighted by molar-refractivity contribution is -0.144. The molecule has 4 nitrogen and oxygen atoms in total. The number of likely N-dealkylation sites (N-methyl/N-ethyl adjacent to an activating group) is 1. The standard InChI is InChI=1S/C18H27NO3/c1-12(4-16(20)19(2)11-17(21)22-3)18-8-13-5-14(9-18)7-15(6-13)10-18/h4,13-15H,5-11H2,1-3H3/b12-4+. The summed E-state index contributed by atoms with van der Waals surface area (Å²) < 4.78 is 4.62. The van der Waals surface area contributed by atoms with E-state index in [1.54, 1.807) is 13.1 Å². The van der Waals surface area contributed by atoms with Gasteiger partial charge in [0.05, 0.1) is 7.11 Å². The van der Waals surface area contributed by atoms with E-state index in [1.165, 1.54) is 56.1 Å². The highest BCUT2D eigenvalue weighted by molar-refractivity contribution is 5.90. The first-order chi connectivity index (χ1) is 10.4. The van der Waals surface area contributed by atoms with Crippen LogP contribution in [0.15, 0.2) is 11.6 Å². The number of carbonyl (C=O) groups excluding carboxylic acids is 2. The van der Waals surface area contributed by atoms with Crippen LogP contribution in [0.1, 0.15) is 45.4 Å². The molecule has 4 fully saturated rings. The summed E-state index contributed by atoms with van der Waals surface area (Å²) in [6.45, 7) is 2.14. The highest BCUT2D eigenvalue weighted by atomic mass is 16.5. The van der Waals surface area contributed by atoms with Gasteiger partial charge in [-0.25, -0.2) is 0 Å². The molecule has 22 heavy (non-hydrogen) atoms. The van der Waals surface area contributed by atoms with Crippen molar-refractivity contribution < 1.29 is 14.3 Å². The zero-order valence-electron chi connectivity index (χ0n) is 13.9. The van der Waals surface area contributed by atoms with E-state index in [9.17, 15) is 9.59 Å². The van der Waals surface area contributed by atoms with E-state index >= 15 is 0 Å². The molecule has 0 unspecified atom stereocenters. The molecule has 4 heteroatoms. The van der Waals surface area contributed by atoms with Crippen LogP contribution in [-0.4, -0.2) is 37.5 Å². The quantitative estimate of drug-likeness (QED) is 0.593. The van der Waals surface area contributed by atoms with Crippen LogP contribution in [0.25, 0.3) is 0 Å². The van der Waals surface area contributed by atoms with E-state index < -0.39 is 0 Å². The molecular formula is C18H27NO3. The average Bonchev–Trinajstić information content (AvgIpc) is 2.45. The van der Waals surface area contributed by atoms with Gasteiger partial charge in [-0.2, -0.15) is 0 Å². The number of rotatable bonds is 4. The molecule has 122 valence electrons. The number of allylic oxidation sites excluding steroid dienone is 1. The van der Waals surface area contributed by atoms with Gasteiger partial charge in [0.25, 0.3) is 0 Å². The minimum Gasteiger partial charge on any atom is -0.468 e. The van der Waals surface area contributed by atoms with Crippen molar-refractivity contribution in [2.75, 3.05) is 20.7 Å². The van der Waals surface area contributed by atoms with Crippen molar-refractivity contribution in [2.24, 2.45) is 23.2 Å². The topological polar surface area (TPSA) is 46.6 Å². The van der Waals surface area contributed by atoms with Gasteiger partial charge >= 0.3 is 5.97 Å². The molecule has 0 spiro atoms. The van der Waals surface area contributed by atoms with Gasteiger partial charge in [-0.1, -0.05) is 5.57 Å². The molecule has 4 bridgehead atoms.